The largest absolute Gasteiger partial charge is 0.307 e. The minimum Gasteiger partial charge on any atom is -0.203 e. The lowest BCUT2D eigenvalue weighted by atomic mass is 10.0. The maximum atomic E-state index is 13.8. The smallest absolute Gasteiger partial charge is 0.203 e. The molecule has 4 rings (SSSR count). The predicted molar refractivity (Wildman–Crippen MR) is 149 cm³/mol. The zero-order valence-corrected chi connectivity index (χ0v) is 23.1. The first-order valence-corrected chi connectivity index (χ1v) is 15.2. The molecular formula is C31H34O3S2. The van der Waals surface area contributed by atoms with E-state index in [0.29, 0.717) is 11.8 Å². The predicted octanol–water partition coefficient (Wildman–Crippen LogP) is 8.84. The van der Waals surface area contributed by atoms with E-state index in [-0.39, 0.29) is 4.90 Å². The molecular weight excluding hydrogens is 484 g/mol. The van der Waals surface area contributed by atoms with E-state index in [0.717, 1.165) is 20.2 Å². The van der Waals surface area contributed by atoms with Crippen molar-refractivity contribution in [1.29, 1.82) is 0 Å². The van der Waals surface area contributed by atoms with Crippen molar-refractivity contribution >= 4 is 20.4 Å². The molecule has 0 amide bonds. The van der Waals surface area contributed by atoms with Crippen molar-refractivity contribution in [1.82, 2.24) is 0 Å². The molecule has 3 nitrogen and oxygen atoms in total. The van der Waals surface area contributed by atoms with E-state index >= 15 is 0 Å². The number of hydrogen-bond donors (Lipinski definition) is 0. The van der Waals surface area contributed by atoms with Gasteiger partial charge in [-0.2, -0.15) is 8.42 Å². The number of benzene rings is 4. The molecule has 0 heterocycles. The highest BCUT2D eigenvalue weighted by atomic mass is 32.3. The van der Waals surface area contributed by atoms with Crippen LogP contribution in [0.2, 0.25) is 0 Å². The summed E-state index contributed by atoms with van der Waals surface area (Å²) in [6, 6.07) is 33.0. The number of rotatable bonds is 8. The van der Waals surface area contributed by atoms with Gasteiger partial charge in [0.25, 0.3) is 0 Å². The van der Waals surface area contributed by atoms with Crippen LogP contribution in [0.3, 0.4) is 0 Å². The SMILES string of the molecule is Cc1ccc(S(=O)(=O)OS(c2ccccc2)(c2ccc(C(C)C)cc2)c2ccc(C(C)C)cc2)cc1. The van der Waals surface area contributed by atoms with Gasteiger partial charge in [-0.05, 0) is 88.7 Å². The molecule has 0 atom stereocenters. The van der Waals surface area contributed by atoms with Gasteiger partial charge in [0.2, 0.25) is 0 Å². The Morgan fingerprint density at radius 1 is 0.528 bits per heavy atom. The van der Waals surface area contributed by atoms with Crippen molar-refractivity contribution in [2.75, 3.05) is 0 Å². The van der Waals surface area contributed by atoms with E-state index in [1.54, 1.807) is 24.3 Å². The Bertz CT molecular complexity index is 1340. The molecule has 0 fully saturated rings. The Balaban J connectivity index is 2.00. The van der Waals surface area contributed by atoms with Crippen LogP contribution >= 0.6 is 10.3 Å². The van der Waals surface area contributed by atoms with Gasteiger partial charge >= 0.3 is 10.1 Å². The summed E-state index contributed by atoms with van der Waals surface area (Å²) in [5.41, 5.74) is 3.37. The summed E-state index contributed by atoms with van der Waals surface area (Å²) in [7, 11) is -6.72. The van der Waals surface area contributed by atoms with Gasteiger partial charge in [-0.3, -0.25) is 0 Å². The van der Waals surface area contributed by atoms with Crippen LogP contribution in [0.1, 0.15) is 56.2 Å². The van der Waals surface area contributed by atoms with Crippen LogP contribution in [0.5, 0.6) is 0 Å². The molecule has 0 aliphatic rings. The molecule has 0 unspecified atom stereocenters. The fraction of sp³-hybridized carbons (Fsp3) is 0.226. The van der Waals surface area contributed by atoms with Crippen LogP contribution in [-0.4, -0.2) is 8.42 Å². The van der Waals surface area contributed by atoms with Gasteiger partial charge in [0, 0.05) is 14.7 Å². The molecule has 0 spiro atoms. The van der Waals surface area contributed by atoms with E-state index in [1.807, 2.05) is 61.5 Å². The van der Waals surface area contributed by atoms with Gasteiger partial charge in [0.05, 0.1) is 4.90 Å². The summed E-state index contributed by atoms with van der Waals surface area (Å²) < 4.78 is 34.1. The Labute approximate surface area is 217 Å². The average molecular weight is 519 g/mol. The maximum Gasteiger partial charge on any atom is 0.307 e. The Kier molecular flexibility index (Phi) is 7.74. The summed E-state index contributed by atoms with van der Waals surface area (Å²) in [6.07, 6.45) is 0. The second kappa shape index (κ2) is 10.6. The van der Waals surface area contributed by atoms with Gasteiger partial charge in [-0.15, -0.1) is 0 Å². The molecule has 188 valence electrons. The van der Waals surface area contributed by atoms with Crippen LogP contribution < -0.4 is 0 Å². The van der Waals surface area contributed by atoms with E-state index in [1.165, 1.54) is 11.1 Å². The number of aryl methyl sites for hydroxylation is 1. The molecule has 4 aromatic rings. The van der Waals surface area contributed by atoms with E-state index < -0.39 is 20.4 Å². The summed E-state index contributed by atoms with van der Waals surface area (Å²) in [5.74, 6) is 0.727. The maximum absolute atomic E-state index is 13.8. The summed E-state index contributed by atoms with van der Waals surface area (Å²) >= 11 is 0. The normalized spacial score (nSPS) is 12.8. The fourth-order valence-electron chi connectivity index (χ4n) is 4.11. The highest BCUT2D eigenvalue weighted by molar-refractivity contribution is 8.33. The first-order valence-electron chi connectivity index (χ1n) is 12.2. The summed E-state index contributed by atoms with van der Waals surface area (Å²) in [6.45, 7) is 10.5. The zero-order chi connectivity index (χ0) is 25.9. The molecule has 0 aliphatic heterocycles. The lowest BCUT2D eigenvalue weighted by molar-refractivity contribution is 0.508. The summed E-state index contributed by atoms with van der Waals surface area (Å²) in [5, 5.41) is 0. The first kappa shape index (κ1) is 26.2. The second-order valence-electron chi connectivity index (χ2n) is 9.65. The Morgan fingerprint density at radius 3 is 1.33 bits per heavy atom. The zero-order valence-electron chi connectivity index (χ0n) is 21.5. The molecule has 0 aromatic heterocycles. The molecule has 0 bridgehead atoms. The number of hydrogen-bond acceptors (Lipinski definition) is 3. The summed E-state index contributed by atoms with van der Waals surface area (Å²) in [4.78, 5) is 2.66. The highest BCUT2D eigenvalue weighted by Crippen LogP contribution is 2.70. The van der Waals surface area contributed by atoms with Gasteiger partial charge in [-0.1, -0.05) is 87.9 Å². The average Bonchev–Trinajstić information content (AvgIpc) is 2.88. The molecule has 0 aliphatic carbocycles. The van der Waals surface area contributed by atoms with Crippen LogP contribution in [0, 0.1) is 6.92 Å². The molecule has 0 N–H and O–H groups in total. The molecule has 0 radical (unpaired) electrons. The highest BCUT2D eigenvalue weighted by Gasteiger charge is 2.38. The third-order valence-corrected chi connectivity index (χ3v) is 11.5. The van der Waals surface area contributed by atoms with Gasteiger partial charge in [0.1, 0.15) is 0 Å². The quantitative estimate of drug-likeness (QED) is 0.234. The second-order valence-corrected chi connectivity index (χ2v) is 14.1. The minimum atomic E-state index is -4.10. The Morgan fingerprint density at radius 2 is 0.917 bits per heavy atom. The monoisotopic (exact) mass is 518 g/mol. The van der Waals surface area contributed by atoms with Crippen molar-refractivity contribution < 1.29 is 12.0 Å². The van der Waals surface area contributed by atoms with Crippen LogP contribution in [0.15, 0.2) is 123 Å². The van der Waals surface area contributed by atoms with Crippen LogP contribution in [0.25, 0.3) is 0 Å². The Hall–Kier alpha value is -2.86. The van der Waals surface area contributed by atoms with E-state index in [9.17, 15) is 8.42 Å². The molecule has 5 heteroatoms. The van der Waals surface area contributed by atoms with Gasteiger partial charge in [-0.25, -0.2) is 3.63 Å². The molecule has 0 saturated carbocycles. The van der Waals surface area contributed by atoms with Crippen molar-refractivity contribution in [3.05, 3.63) is 120 Å². The van der Waals surface area contributed by atoms with Gasteiger partial charge < -0.3 is 0 Å². The van der Waals surface area contributed by atoms with Crippen molar-refractivity contribution in [3.63, 3.8) is 0 Å². The third kappa shape index (κ3) is 5.29. The van der Waals surface area contributed by atoms with Crippen molar-refractivity contribution in [2.45, 2.75) is 66.0 Å². The van der Waals surface area contributed by atoms with Gasteiger partial charge in [0.15, 0.2) is 0 Å². The third-order valence-electron chi connectivity index (χ3n) is 6.33. The topological polar surface area (TPSA) is 43.4 Å². The van der Waals surface area contributed by atoms with Crippen LogP contribution in [-0.2, 0) is 13.7 Å². The lowest BCUT2D eigenvalue weighted by Crippen LogP contribution is -2.15. The molecule has 0 saturated heterocycles. The van der Waals surface area contributed by atoms with E-state index in [4.69, 9.17) is 3.63 Å². The lowest BCUT2D eigenvalue weighted by Gasteiger charge is -2.39. The molecule has 36 heavy (non-hydrogen) atoms. The van der Waals surface area contributed by atoms with Crippen LogP contribution in [0.4, 0.5) is 0 Å². The standard InChI is InChI=1S/C31H34O3S2/c1-23(2)26-13-19-29(20-14-26)35(28-9-7-6-8-10-28,30-21-15-27(16-22-30)24(3)4)34-36(32,33)31-17-11-25(5)12-18-31/h6-24H,1-5H3. The van der Waals surface area contributed by atoms with E-state index in [2.05, 4.69) is 52.0 Å². The fourth-order valence-corrected chi connectivity index (χ4v) is 9.30. The van der Waals surface area contributed by atoms with Crippen molar-refractivity contribution in [2.24, 2.45) is 0 Å². The molecule has 4 aromatic carbocycles. The minimum absolute atomic E-state index is 0.151. The van der Waals surface area contributed by atoms with Crippen molar-refractivity contribution in [3.8, 4) is 0 Å². The first-order chi connectivity index (χ1) is 17.1.